The molecule has 1 N–H and O–H groups in total. The first kappa shape index (κ1) is 26.9. The zero-order valence-electron chi connectivity index (χ0n) is 20.9. The molecule has 0 fully saturated rings. The van der Waals surface area contributed by atoms with Crippen molar-refractivity contribution in [3.8, 4) is 22.8 Å². The highest BCUT2D eigenvalue weighted by Crippen LogP contribution is 2.43. The minimum atomic E-state index is -2.90. The molecule has 0 bridgehead atoms. The summed E-state index contributed by atoms with van der Waals surface area (Å²) in [4.78, 5) is 25.3. The van der Waals surface area contributed by atoms with Gasteiger partial charge in [-0.15, -0.1) is 11.3 Å². The molecule has 3 aromatic rings. The van der Waals surface area contributed by atoms with Crippen LogP contribution in [0.3, 0.4) is 0 Å². The van der Waals surface area contributed by atoms with E-state index in [1.807, 2.05) is 34.2 Å². The topological polar surface area (TPSA) is 112 Å². The molecule has 0 aliphatic carbocycles. The molecule has 1 aromatic carbocycles. The number of carboxylic acids is 1. The Morgan fingerprint density at radius 3 is 2.57 bits per heavy atom. The smallest absolute Gasteiger partial charge is 0.341 e. The molecule has 3 heterocycles. The Morgan fingerprint density at radius 1 is 1.14 bits per heavy atom. The van der Waals surface area contributed by atoms with Crippen LogP contribution in [0.5, 0.6) is 11.5 Å². The largest absolute Gasteiger partial charge is 0.493 e. The monoisotopic (exact) mass is 545 g/mol. The number of sulfone groups is 1. The van der Waals surface area contributed by atoms with Crippen molar-refractivity contribution in [2.24, 2.45) is 0 Å². The number of rotatable bonds is 12. The summed E-state index contributed by atoms with van der Waals surface area (Å²) >= 11 is 1.59. The molecule has 1 atom stereocenters. The van der Waals surface area contributed by atoms with E-state index < -0.39 is 21.2 Å². The van der Waals surface area contributed by atoms with Crippen LogP contribution in [0.1, 0.15) is 58.9 Å². The van der Waals surface area contributed by atoms with E-state index in [2.05, 4.69) is 0 Å². The molecule has 0 saturated carbocycles. The molecule has 2 aromatic heterocycles. The molecule has 1 aliphatic heterocycles. The van der Waals surface area contributed by atoms with Gasteiger partial charge in [0.25, 0.3) is 0 Å². The first-order valence-corrected chi connectivity index (χ1v) is 15.2. The summed E-state index contributed by atoms with van der Waals surface area (Å²) in [5, 5.41) is 11.5. The third-order valence-electron chi connectivity index (χ3n) is 6.51. The second-order valence-corrected chi connectivity index (χ2v) is 12.5. The number of nitrogens with zero attached hydrogens (tertiary/aromatic N) is 1. The first-order valence-electron chi connectivity index (χ1n) is 12.2. The van der Waals surface area contributed by atoms with Gasteiger partial charge in [-0.3, -0.25) is 4.79 Å². The third-order valence-corrected chi connectivity index (χ3v) is 8.52. The molecule has 0 spiro atoms. The lowest BCUT2D eigenvalue weighted by Crippen LogP contribution is -2.25. The number of carbonyl (C=O) groups is 1. The maximum absolute atomic E-state index is 12.6. The van der Waals surface area contributed by atoms with Gasteiger partial charge in [0.2, 0.25) is 0 Å². The molecule has 0 amide bonds. The summed E-state index contributed by atoms with van der Waals surface area (Å²) in [5.74, 6) is 0.159. The van der Waals surface area contributed by atoms with E-state index in [4.69, 9.17) is 9.47 Å². The highest BCUT2D eigenvalue weighted by atomic mass is 32.2. The maximum atomic E-state index is 12.6. The number of fused-ring (bicyclic) bond motifs is 3. The summed E-state index contributed by atoms with van der Waals surface area (Å²) in [6.45, 7) is 0.508. The Morgan fingerprint density at radius 2 is 1.89 bits per heavy atom. The van der Waals surface area contributed by atoms with Crippen LogP contribution in [-0.2, 0) is 16.3 Å². The summed E-state index contributed by atoms with van der Waals surface area (Å²) in [6, 6.07) is 9.03. The van der Waals surface area contributed by atoms with E-state index in [0.29, 0.717) is 36.6 Å². The molecule has 10 heteroatoms. The van der Waals surface area contributed by atoms with Crippen molar-refractivity contribution in [1.82, 2.24) is 4.57 Å². The van der Waals surface area contributed by atoms with Crippen LogP contribution >= 0.6 is 11.3 Å². The molecule has 8 nitrogen and oxygen atoms in total. The van der Waals surface area contributed by atoms with Crippen LogP contribution in [0.4, 0.5) is 0 Å². The number of aromatic carboxylic acids is 1. The van der Waals surface area contributed by atoms with E-state index in [1.165, 1.54) is 18.5 Å². The van der Waals surface area contributed by atoms with E-state index in [0.717, 1.165) is 41.7 Å². The van der Waals surface area contributed by atoms with Crippen molar-refractivity contribution in [1.29, 1.82) is 0 Å². The maximum Gasteiger partial charge on any atom is 0.341 e. The van der Waals surface area contributed by atoms with Crippen molar-refractivity contribution in [2.75, 3.05) is 25.7 Å². The number of pyridine rings is 1. The van der Waals surface area contributed by atoms with Crippen LogP contribution in [0, 0.1) is 0 Å². The number of thiophene rings is 1. The zero-order valence-corrected chi connectivity index (χ0v) is 22.6. The van der Waals surface area contributed by atoms with Crippen molar-refractivity contribution < 1.29 is 27.8 Å². The molecular weight excluding hydrogens is 514 g/mol. The zero-order chi connectivity index (χ0) is 26.6. The summed E-state index contributed by atoms with van der Waals surface area (Å²) in [6.07, 6.45) is 7.62. The van der Waals surface area contributed by atoms with Gasteiger partial charge < -0.3 is 19.1 Å². The molecular formula is C27H31NO7S2. The van der Waals surface area contributed by atoms with Gasteiger partial charge >= 0.3 is 5.97 Å². The van der Waals surface area contributed by atoms with E-state index in [1.54, 1.807) is 18.4 Å². The van der Waals surface area contributed by atoms with Crippen molar-refractivity contribution in [3.63, 3.8) is 0 Å². The number of hydrogen-bond donors (Lipinski definition) is 1. The van der Waals surface area contributed by atoms with Gasteiger partial charge in [-0.2, -0.15) is 0 Å². The molecule has 4 rings (SSSR count). The van der Waals surface area contributed by atoms with Crippen LogP contribution in [-0.4, -0.2) is 49.8 Å². The lowest BCUT2D eigenvalue weighted by molar-refractivity contribution is 0.0694. The van der Waals surface area contributed by atoms with Crippen molar-refractivity contribution in [3.05, 3.63) is 68.1 Å². The fraction of sp³-hybridized carbons (Fsp3) is 0.407. The highest BCUT2D eigenvalue weighted by Gasteiger charge is 2.29. The Kier molecular flexibility index (Phi) is 8.39. The lowest BCUT2D eigenvalue weighted by Gasteiger charge is -2.31. The number of methoxy groups -OCH3 is 1. The Bertz CT molecular complexity index is 1430. The first-order chi connectivity index (χ1) is 17.7. The Labute approximate surface area is 220 Å². The second kappa shape index (κ2) is 11.5. The molecule has 0 saturated heterocycles. The highest BCUT2D eigenvalue weighted by molar-refractivity contribution is 7.90. The van der Waals surface area contributed by atoms with Gasteiger partial charge in [-0.1, -0.05) is 25.3 Å². The Hall–Kier alpha value is -3.11. The molecule has 198 valence electrons. The standard InChI is InChI=1S/C27H31NO7S2/c1-34-24-15-19-18(14-25(24)35-10-6-4-3-5-7-12-37(2,32)33)13-22(26-9-8-11-36-26)28-17-20(27(30)31)23(29)16-21(19)28/h8-9,11,14-17,22H,3-7,10,12-13H2,1-2H3,(H,30,31). The van der Waals surface area contributed by atoms with Crippen LogP contribution in [0.15, 0.2) is 46.7 Å². The minimum Gasteiger partial charge on any atom is -0.493 e. The van der Waals surface area contributed by atoms with Crippen LogP contribution in [0.2, 0.25) is 0 Å². The average Bonchev–Trinajstić information content (AvgIpc) is 3.38. The van der Waals surface area contributed by atoms with E-state index in [-0.39, 0.29) is 17.4 Å². The number of aromatic nitrogens is 1. The predicted molar refractivity (Wildman–Crippen MR) is 144 cm³/mol. The van der Waals surface area contributed by atoms with E-state index in [9.17, 15) is 23.1 Å². The van der Waals surface area contributed by atoms with Gasteiger partial charge in [0.05, 0.1) is 25.5 Å². The predicted octanol–water partition coefficient (Wildman–Crippen LogP) is 4.80. The van der Waals surface area contributed by atoms with Crippen molar-refractivity contribution >= 4 is 27.1 Å². The average molecular weight is 546 g/mol. The molecule has 0 radical (unpaired) electrons. The fourth-order valence-corrected chi connectivity index (χ4v) is 6.22. The molecule has 1 unspecified atom stereocenters. The van der Waals surface area contributed by atoms with Gasteiger partial charge in [0, 0.05) is 34.7 Å². The van der Waals surface area contributed by atoms with Gasteiger partial charge in [0.15, 0.2) is 16.9 Å². The van der Waals surface area contributed by atoms with E-state index >= 15 is 0 Å². The summed E-state index contributed by atoms with van der Waals surface area (Å²) in [5.41, 5.74) is 1.67. The Balaban J connectivity index is 1.54. The third kappa shape index (κ3) is 6.42. The minimum absolute atomic E-state index is 0.144. The number of hydrogen-bond acceptors (Lipinski definition) is 7. The number of benzene rings is 1. The van der Waals surface area contributed by atoms with Crippen molar-refractivity contribution in [2.45, 2.75) is 44.6 Å². The SMILES string of the molecule is COc1cc2c(cc1OCCCCCCCS(C)(=O)=O)CC(c1cccs1)n1cc(C(=O)O)c(=O)cc1-2. The quantitative estimate of drug-likeness (QED) is 0.325. The normalized spacial score (nSPS) is 14.6. The van der Waals surface area contributed by atoms with Gasteiger partial charge in [-0.25, -0.2) is 13.2 Å². The fourth-order valence-electron chi connectivity index (χ4n) is 4.67. The number of unbranched alkanes of at least 4 members (excludes halogenated alkanes) is 4. The summed E-state index contributed by atoms with van der Waals surface area (Å²) < 4.78 is 36.0. The van der Waals surface area contributed by atoms with Crippen LogP contribution in [0.25, 0.3) is 11.3 Å². The molecule has 1 aliphatic rings. The van der Waals surface area contributed by atoms with Crippen LogP contribution < -0.4 is 14.9 Å². The molecule has 37 heavy (non-hydrogen) atoms. The summed E-state index contributed by atoms with van der Waals surface area (Å²) in [7, 11) is -1.34. The number of ether oxygens (including phenoxy) is 2. The van der Waals surface area contributed by atoms with Gasteiger partial charge in [0.1, 0.15) is 15.4 Å². The lowest BCUT2D eigenvalue weighted by atomic mass is 9.91. The second-order valence-electron chi connectivity index (χ2n) is 9.29. The van der Waals surface area contributed by atoms with Gasteiger partial charge in [-0.05, 0) is 48.4 Å². The number of carboxylic acid groups (broad SMARTS) is 1.